The van der Waals surface area contributed by atoms with Gasteiger partial charge in [0.15, 0.2) is 17.1 Å². The van der Waals surface area contributed by atoms with E-state index in [0.29, 0.717) is 28.4 Å². The van der Waals surface area contributed by atoms with Gasteiger partial charge in [-0.2, -0.15) is 18.3 Å². The molecule has 0 aliphatic heterocycles. The lowest BCUT2D eigenvalue weighted by molar-refractivity contribution is -0.137. The number of hydrogen-bond acceptors (Lipinski definition) is 4. The Morgan fingerprint density at radius 3 is 2.33 bits per heavy atom. The zero-order chi connectivity index (χ0) is 23.0. The Labute approximate surface area is 188 Å². The molecule has 1 aliphatic rings. The van der Waals surface area contributed by atoms with Crippen molar-refractivity contribution in [2.24, 2.45) is 0 Å². The minimum absolute atomic E-state index is 0.183. The first-order valence-corrected chi connectivity index (χ1v) is 10.8. The van der Waals surface area contributed by atoms with Gasteiger partial charge in [-0.15, -0.1) is 0 Å². The molecule has 2 aromatic carbocycles. The van der Waals surface area contributed by atoms with Crippen molar-refractivity contribution < 1.29 is 22.6 Å². The molecule has 1 saturated carbocycles. The van der Waals surface area contributed by atoms with Crippen molar-refractivity contribution >= 4 is 5.65 Å². The van der Waals surface area contributed by atoms with Crippen LogP contribution in [0.15, 0.2) is 60.8 Å². The topological polar surface area (TPSA) is 48.7 Å². The summed E-state index contributed by atoms with van der Waals surface area (Å²) < 4.78 is 52.1. The molecule has 4 aromatic rings. The monoisotopic (exact) mass is 453 g/mol. The fourth-order valence-corrected chi connectivity index (χ4v) is 4.20. The summed E-state index contributed by atoms with van der Waals surface area (Å²) >= 11 is 0. The molecule has 1 aliphatic carbocycles. The molecule has 170 valence electrons. The van der Waals surface area contributed by atoms with E-state index in [-0.39, 0.29) is 6.10 Å². The third kappa shape index (κ3) is 4.25. The van der Waals surface area contributed by atoms with Crippen LogP contribution in [0.1, 0.15) is 31.2 Å². The van der Waals surface area contributed by atoms with Crippen LogP contribution >= 0.6 is 0 Å². The molecule has 2 heterocycles. The molecule has 0 radical (unpaired) electrons. The van der Waals surface area contributed by atoms with E-state index in [9.17, 15) is 13.2 Å². The van der Waals surface area contributed by atoms with Crippen molar-refractivity contribution in [3.8, 4) is 34.0 Å². The summed E-state index contributed by atoms with van der Waals surface area (Å²) in [5.41, 5.74) is 2.69. The maximum atomic E-state index is 12.9. The SMILES string of the molecule is COc1ccc(-c2ccnc3cc(-c4ccc(C(F)(F)F)cc4)nn23)cc1OC1CCCC1. The van der Waals surface area contributed by atoms with Crippen LogP contribution in [0.2, 0.25) is 0 Å². The second-order valence-electron chi connectivity index (χ2n) is 8.09. The zero-order valence-corrected chi connectivity index (χ0v) is 18.0. The first-order chi connectivity index (χ1) is 15.9. The number of halogens is 3. The van der Waals surface area contributed by atoms with Gasteiger partial charge in [0.05, 0.1) is 30.2 Å². The standard InChI is InChI=1S/C25H22F3N3O2/c1-32-22-11-8-17(14-23(22)33-19-4-2-3-5-19)21-12-13-29-24-15-20(30-31(21)24)16-6-9-18(10-7-16)25(26,27)28/h6-15,19H,2-5H2,1H3. The number of alkyl halides is 3. The summed E-state index contributed by atoms with van der Waals surface area (Å²) in [6.07, 6.45) is 1.88. The molecule has 0 saturated heterocycles. The zero-order valence-electron chi connectivity index (χ0n) is 18.0. The van der Waals surface area contributed by atoms with Gasteiger partial charge in [0, 0.05) is 23.4 Å². The molecule has 0 unspecified atom stereocenters. The fourth-order valence-electron chi connectivity index (χ4n) is 4.20. The van der Waals surface area contributed by atoms with Crippen LogP contribution in [0.5, 0.6) is 11.5 Å². The Hall–Kier alpha value is -3.55. The van der Waals surface area contributed by atoms with Gasteiger partial charge < -0.3 is 9.47 Å². The van der Waals surface area contributed by atoms with Crippen LogP contribution in [-0.2, 0) is 6.18 Å². The first kappa shape index (κ1) is 21.3. The smallest absolute Gasteiger partial charge is 0.416 e. The molecule has 1 fully saturated rings. The van der Waals surface area contributed by atoms with Gasteiger partial charge in [-0.25, -0.2) is 9.50 Å². The van der Waals surface area contributed by atoms with E-state index < -0.39 is 11.7 Å². The summed E-state index contributed by atoms with van der Waals surface area (Å²) in [5.74, 6) is 1.35. The lowest BCUT2D eigenvalue weighted by atomic mass is 10.1. The van der Waals surface area contributed by atoms with Crippen LogP contribution in [0.4, 0.5) is 13.2 Å². The number of nitrogens with zero attached hydrogens (tertiary/aromatic N) is 3. The number of methoxy groups -OCH3 is 1. The van der Waals surface area contributed by atoms with Gasteiger partial charge in [-0.05, 0) is 62.1 Å². The van der Waals surface area contributed by atoms with E-state index in [1.807, 2.05) is 24.3 Å². The van der Waals surface area contributed by atoms with Gasteiger partial charge in [-0.3, -0.25) is 0 Å². The third-order valence-corrected chi connectivity index (χ3v) is 5.92. The Morgan fingerprint density at radius 2 is 1.64 bits per heavy atom. The Morgan fingerprint density at radius 1 is 0.909 bits per heavy atom. The molecular weight excluding hydrogens is 431 g/mol. The predicted octanol–water partition coefficient (Wildman–Crippen LogP) is 6.41. The van der Waals surface area contributed by atoms with Crippen LogP contribution in [-0.4, -0.2) is 27.8 Å². The molecule has 0 N–H and O–H groups in total. The number of rotatable bonds is 5. The van der Waals surface area contributed by atoms with Crippen LogP contribution in [0, 0.1) is 0 Å². The average molecular weight is 453 g/mol. The van der Waals surface area contributed by atoms with E-state index in [1.165, 1.54) is 12.1 Å². The van der Waals surface area contributed by atoms with Crippen LogP contribution in [0.3, 0.4) is 0 Å². The molecule has 0 spiro atoms. The van der Waals surface area contributed by atoms with Gasteiger partial charge >= 0.3 is 6.18 Å². The number of ether oxygens (including phenoxy) is 2. The van der Waals surface area contributed by atoms with Crippen molar-refractivity contribution in [3.05, 3.63) is 66.4 Å². The molecule has 2 aromatic heterocycles. The summed E-state index contributed by atoms with van der Waals surface area (Å²) in [4.78, 5) is 4.37. The second kappa shape index (κ2) is 8.42. The molecule has 0 atom stereocenters. The number of aromatic nitrogens is 3. The Balaban J connectivity index is 1.52. The van der Waals surface area contributed by atoms with E-state index in [1.54, 1.807) is 23.9 Å². The third-order valence-electron chi connectivity index (χ3n) is 5.92. The maximum Gasteiger partial charge on any atom is 0.416 e. The van der Waals surface area contributed by atoms with Crippen molar-refractivity contribution in [1.29, 1.82) is 0 Å². The van der Waals surface area contributed by atoms with Gasteiger partial charge in [-0.1, -0.05) is 12.1 Å². The maximum absolute atomic E-state index is 12.9. The summed E-state index contributed by atoms with van der Waals surface area (Å²) in [5, 5.41) is 4.63. The largest absolute Gasteiger partial charge is 0.493 e. The molecule has 33 heavy (non-hydrogen) atoms. The average Bonchev–Trinajstić information content (AvgIpc) is 3.48. The minimum atomic E-state index is -4.38. The highest BCUT2D eigenvalue weighted by Crippen LogP contribution is 2.36. The molecular formula is C25H22F3N3O2. The number of hydrogen-bond donors (Lipinski definition) is 0. The lowest BCUT2D eigenvalue weighted by Crippen LogP contribution is -2.11. The van der Waals surface area contributed by atoms with E-state index >= 15 is 0 Å². The molecule has 5 nitrogen and oxygen atoms in total. The fraction of sp³-hybridized carbons (Fsp3) is 0.280. The highest BCUT2D eigenvalue weighted by Gasteiger charge is 2.30. The second-order valence-corrected chi connectivity index (χ2v) is 8.09. The van der Waals surface area contributed by atoms with Crippen LogP contribution < -0.4 is 9.47 Å². The summed E-state index contributed by atoms with van der Waals surface area (Å²) in [7, 11) is 1.62. The van der Waals surface area contributed by atoms with E-state index in [4.69, 9.17) is 9.47 Å². The van der Waals surface area contributed by atoms with Gasteiger partial charge in [0.1, 0.15) is 0 Å². The Bertz CT molecular complexity index is 1280. The predicted molar refractivity (Wildman–Crippen MR) is 118 cm³/mol. The van der Waals surface area contributed by atoms with E-state index in [2.05, 4.69) is 10.1 Å². The summed E-state index contributed by atoms with van der Waals surface area (Å²) in [6.45, 7) is 0. The molecule has 8 heteroatoms. The normalized spacial score (nSPS) is 14.7. The minimum Gasteiger partial charge on any atom is -0.493 e. The molecule has 0 bridgehead atoms. The van der Waals surface area contributed by atoms with Crippen molar-refractivity contribution in [1.82, 2.24) is 14.6 Å². The molecule has 0 amide bonds. The van der Waals surface area contributed by atoms with Gasteiger partial charge in [0.25, 0.3) is 0 Å². The highest BCUT2D eigenvalue weighted by atomic mass is 19.4. The summed E-state index contributed by atoms with van der Waals surface area (Å²) in [6, 6.07) is 14.3. The lowest BCUT2D eigenvalue weighted by Gasteiger charge is -2.17. The highest BCUT2D eigenvalue weighted by molar-refractivity contribution is 5.70. The van der Waals surface area contributed by atoms with Crippen LogP contribution in [0.25, 0.3) is 28.2 Å². The first-order valence-electron chi connectivity index (χ1n) is 10.8. The van der Waals surface area contributed by atoms with Gasteiger partial charge in [0.2, 0.25) is 0 Å². The van der Waals surface area contributed by atoms with E-state index in [0.717, 1.165) is 49.1 Å². The van der Waals surface area contributed by atoms with Crippen molar-refractivity contribution in [3.63, 3.8) is 0 Å². The quantitative estimate of drug-likeness (QED) is 0.350. The number of fused-ring (bicyclic) bond motifs is 1. The Kier molecular flexibility index (Phi) is 5.44. The molecule has 5 rings (SSSR count). The van der Waals surface area contributed by atoms with Crippen molar-refractivity contribution in [2.45, 2.75) is 38.0 Å². The number of benzene rings is 2. The van der Waals surface area contributed by atoms with Crippen molar-refractivity contribution in [2.75, 3.05) is 7.11 Å².